The van der Waals surface area contributed by atoms with Crippen molar-refractivity contribution in [3.05, 3.63) is 16.6 Å². The van der Waals surface area contributed by atoms with E-state index in [1.807, 2.05) is 20.8 Å². The van der Waals surface area contributed by atoms with Gasteiger partial charge in [0.2, 0.25) is 5.91 Å². The molecule has 0 radical (unpaired) electrons. The van der Waals surface area contributed by atoms with Crippen LogP contribution in [0.15, 0.2) is 16.6 Å². The molecule has 0 aliphatic rings. The number of benzene rings is 1. The van der Waals surface area contributed by atoms with Gasteiger partial charge in [0, 0.05) is 29.1 Å². The Labute approximate surface area is 146 Å². The molecule has 1 rings (SSSR count). The second kappa shape index (κ2) is 10.7. The van der Waals surface area contributed by atoms with Crippen LogP contribution >= 0.6 is 28.3 Å². The molecule has 1 aromatic carbocycles. The highest BCUT2D eigenvalue weighted by Crippen LogP contribution is 2.36. The summed E-state index contributed by atoms with van der Waals surface area (Å²) >= 11 is 3.44. The second-order valence-electron chi connectivity index (χ2n) is 4.71. The molecule has 22 heavy (non-hydrogen) atoms. The van der Waals surface area contributed by atoms with Crippen molar-refractivity contribution in [3.8, 4) is 11.5 Å². The first-order chi connectivity index (χ1) is 9.97. The minimum atomic E-state index is -0.0698. The highest BCUT2D eigenvalue weighted by molar-refractivity contribution is 9.10. The van der Waals surface area contributed by atoms with Gasteiger partial charge < -0.3 is 20.5 Å². The highest BCUT2D eigenvalue weighted by atomic mass is 79.9. The van der Waals surface area contributed by atoms with Crippen LogP contribution in [-0.2, 0) is 4.79 Å². The lowest BCUT2D eigenvalue weighted by atomic mass is 10.2. The highest BCUT2D eigenvalue weighted by Gasteiger charge is 2.13. The number of anilines is 1. The van der Waals surface area contributed by atoms with Crippen LogP contribution in [0.4, 0.5) is 5.69 Å². The van der Waals surface area contributed by atoms with Crippen molar-refractivity contribution in [1.29, 1.82) is 0 Å². The summed E-state index contributed by atoms with van der Waals surface area (Å²) in [5, 5.41) is 2.86. The van der Waals surface area contributed by atoms with Crippen molar-refractivity contribution < 1.29 is 14.3 Å². The zero-order chi connectivity index (χ0) is 15.8. The molecule has 5 nitrogen and oxygen atoms in total. The van der Waals surface area contributed by atoms with E-state index in [2.05, 4.69) is 21.2 Å². The van der Waals surface area contributed by atoms with E-state index in [1.165, 1.54) is 0 Å². The van der Waals surface area contributed by atoms with Gasteiger partial charge in [0.05, 0.1) is 18.9 Å². The molecule has 126 valence electrons. The van der Waals surface area contributed by atoms with Crippen LogP contribution in [0.5, 0.6) is 11.5 Å². The summed E-state index contributed by atoms with van der Waals surface area (Å²) in [7, 11) is 0. The summed E-state index contributed by atoms with van der Waals surface area (Å²) in [6.45, 7) is 6.77. The van der Waals surface area contributed by atoms with E-state index in [0.29, 0.717) is 43.2 Å². The van der Waals surface area contributed by atoms with Crippen LogP contribution < -0.4 is 20.5 Å². The number of carbonyl (C=O) groups excluding carboxylic acids is 1. The monoisotopic (exact) mass is 394 g/mol. The van der Waals surface area contributed by atoms with Crippen LogP contribution in [-0.4, -0.2) is 25.2 Å². The number of amides is 1. The lowest BCUT2D eigenvalue weighted by molar-refractivity contribution is -0.116. The predicted molar refractivity (Wildman–Crippen MR) is 95.2 cm³/mol. The maximum absolute atomic E-state index is 11.9. The molecule has 7 heteroatoms. The zero-order valence-corrected chi connectivity index (χ0v) is 15.6. The zero-order valence-electron chi connectivity index (χ0n) is 13.1. The first-order valence-electron chi connectivity index (χ1n) is 7.12. The van der Waals surface area contributed by atoms with Crippen LogP contribution in [0.3, 0.4) is 0 Å². The molecule has 1 aromatic rings. The third kappa shape index (κ3) is 6.85. The number of ether oxygens (including phenoxy) is 2. The topological polar surface area (TPSA) is 73.6 Å². The number of halogens is 2. The Morgan fingerprint density at radius 3 is 2.32 bits per heavy atom. The Balaban J connectivity index is 0.00000441. The number of hydrogen-bond donors (Lipinski definition) is 2. The van der Waals surface area contributed by atoms with E-state index in [9.17, 15) is 4.79 Å². The number of nitrogens with one attached hydrogen (secondary N) is 1. The molecule has 0 saturated heterocycles. The normalized spacial score (nSPS) is 11.3. The molecule has 0 heterocycles. The van der Waals surface area contributed by atoms with Crippen LogP contribution in [0.2, 0.25) is 0 Å². The molecule has 0 aliphatic carbocycles. The number of hydrogen-bond acceptors (Lipinski definition) is 4. The van der Waals surface area contributed by atoms with Gasteiger partial charge in [-0.05, 0) is 43.1 Å². The minimum absolute atomic E-state index is 0. The predicted octanol–water partition coefficient (Wildman–Crippen LogP) is 3.73. The Hall–Kier alpha value is -0.980. The van der Waals surface area contributed by atoms with Crippen LogP contribution in [0, 0.1) is 0 Å². The molecule has 0 spiro atoms. The minimum Gasteiger partial charge on any atom is -0.490 e. The van der Waals surface area contributed by atoms with Crippen LogP contribution in [0.25, 0.3) is 0 Å². The van der Waals surface area contributed by atoms with Gasteiger partial charge in [-0.2, -0.15) is 0 Å². The smallest absolute Gasteiger partial charge is 0.224 e. The lowest BCUT2D eigenvalue weighted by Crippen LogP contribution is -2.19. The molecular formula is C15H24BrClN2O3. The van der Waals surface area contributed by atoms with Gasteiger partial charge in [0.1, 0.15) is 0 Å². The van der Waals surface area contributed by atoms with Gasteiger partial charge in [0.25, 0.3) is 0 Å². The molecule has 1 amide bonds. The Morgan fingerprint density at radius 2 is 1.82 bits per heavy atom. The van der Waals surface area contributed by atoms with E-state index in [0.717, 1.165) is 4.47 Å². The van der Waals surface area contributed by atoms with Crippen molar-refractivity contribution in [3.63, 3.8) is 0 Å². The summed E-state index contributed by atoms with van der Waals surface area (Å²) in [6, 6.07) is 3.58. The van der Waals surface area contributed by atoms with Gasteiger partial charge in [-0.1, -0.05) is 0 Å². The summed E-state index contributed by atoms with van der Waals surface area (Å²) in [4.78, 5) is 11.9. The number of carbonyl (C=O) groups is 1. The quantitative estimate of drug-likeness (QED) is 0.703. The molecule has 0 fully saturated rings. The molecule has 1 unspecified atom stereocenters. The number of rotatable bonds is 8. The third-order valence-corrected chi connectivity index (χ3v) is 3.39. The van der Waals surface area contributed by atoms with Crippen molar-refractivity contribution in [2.24, 2.45) is 5.73 Å². The van der Waals surface area contributed by atoms with Crippen molar-refractivity contribution in [1.82, 2.24) is 0 Å². The molecular weight excluding hydrogens is 372 g/mol. The van der Waals surface area contributed by atoms with Crippen LogP contribution in [0.1, 0.15) is 33.6 Å². The Morgan fingerprint density at radius 1 is 1.27 bits per heavy atom. The second-order valence-corrected chi connectivity index (χ2v) is 5.56. The van der Waals surface area contributed by atoms with E-state index in [4.69, 9.17) is 15.2 Å². The maximum atomic E-state index is 11.9. The first kappa shape index (κ1) is 21.0. The molecule has 0 saturated carbocycles. The Kier molecular flexibility index (Phi) is 10.2. The summed E-state index contributed by atoms with van der Waals surface area (Å²) in [5.74, 6) is 1.20. The number of nitrogens with two attached hydrogens (primary N) is 1. The van der Waals surface area contributed by atoms with E-state index >= 15 is 0 Å². The fourth-order valence-electron chi connectivity index (χ4n) is 1.74. The van der Waals surface area contributed by atoms with Crippen molar-refractivity contribution in [2.75, 3.05) is 18.5 Å². The van der Waals surface area contributed by atoms with Gasteiger partial charge in [-0.15, -0.1) is 12.4 Å². The molecule has 1 atom stereocenters. The van der Waals surface area contributed by atoms with E-state index in [1.54, 1.807) is 12.1 Å². The van der Waals surface area contributed by atoms with E-state index in [-0.39, 0.29) is 24.4 Å². The molecule has 0 aliphatic heterocycles. The summed E-state index contributed by atoms with van der Waals surface area (Å²) < 4.78 is 11.8. The molecule has 3 N–H and O–H groups in total. The fraction of sp³-hybridized carbons (Fsp3) is 0.533. The summed E-state index contributed by atoms with van der Waals surface area (Å²) in [5.41, 5.74) is 6.32. The average molecular weight is 396 g/mol. The maximum Gasteiger partial charge on any atom is 0.224 e. The summed E-state index contributed by atoms with van der Waals surface area (Å²) in [6.07, 6.45) is 1.04. The van der Waals surface area contributed by atoms with Gasteiger partial charge >= 0.3 is 0 Å². The van der Waals surface area contributed by atoms with Gasteiger partial charge in [-0.25, -0.2) is 0 Å². The molecule has 0 aromatic heterocycles. The Bertz CT molecular complexity index is 484. The largest absolute Gasteiger partial charge is 0.490 e. The van der Waals surface area contributed by atoms with Crippen molar-refractivity contribution in [2.45, 2.75) is 39.7 Å². The fourth-order valence-corrected chi connectivity index (χ4v) is 2.16. The van der Waals surface area contributed by atoms with Gasteiger partial charge in [0.15, 0.2) is 11.5 Å². The SMILES string of the molecule is CCOc1cc(Br)c(NC(=O)CCC(C)N)cc1OCC.Cl. The average Bonchev–Trinajstić information content (AvgIpc) is 2.42. The first-order valence-corrected chi connectivity index (χ1v) is 7.91. The van der Waals surface area contributed by atoms with E-state index < -0.39 is 0 Å². The van der Waals surface area contributed by atoms with Gasteiger partial charge in [-0.3, -0.25) is 4.79 Å². The standard InChI is InChI=1S/C15H23BrN2O3.ClH/c1-4-20-13-8-11(16)12(9-14(13)21-5-2)18-15(19)7-6-10(3)17;/h8-10H,4-7,17H2,1-3H3,(H,18,19);1H. The lowest BCUT2D eigenvalue weighted by Gasteiger charge is -2.15. The van der Waals surface area contributed by atoms with Crippen molar-refractivity contribution >= 4 is 39.9 Å². The molecule has 0 bridgehead atoms. The third-order valence-electron chi connectivity index (χ3n) is 2.73.